The van der Waals surface area contributed by atoms with E-state index in [2.05, 4.69) is 5.32 Å². The maximum absolute atomic E-state index is 11.7. The zero-order valence-corrected chi connectivity index (χ0v) is 12.1. The minimum atomic E-state index is -0.202. The zero-order chi connectivity index (χ0) is 15.0. The Balaban J connectivity index is 2.54. The third-order valence-electron chi connectivity index (χ3n) is 2.61. The topological polar surface area (TPSA) is 82.8 Å². The summed E-state index contributed by atoms with van der Waals surface area (Å²) in [5.41, 5.74) is 6.48. The summed E-state index contributed by atoms with van der Waals surface area (Å²) in [7, 11) is 3.16. The number of benzene rings is 1. The quantitative estimate of drug-likeness (QED) is 0.733. The van der Waals surface area contributed by atoms with E-state index in [4.69, 9.17) is 19.9 Å². The van der Waals surface area contributed by atoms with Crippen LogP contribution in [0.2, 0.25) is 0 Å². The van der Waals surface area contributed by atoms with Gasteiger partial charge in [0.1, 0.15) is 11.5 Å². The van der Waals surface area contributed by atoms with Gasteiger partial charge in [0.25, 0.3) is 5.91 Å². The van der Waals surface area contributed by atoms with Crippen LogP contribution in [0.1, 0.15) is 12.5 Å². The van der Waals surface area contributed by atoms with E-state index in [0.29, 0.717) is 24.7 Å². The van der Waals surface area contributed by atoms with Crippen molar-refractivity contribution in [1.29, 1.82) is 0 Å². The summed E-state index contributed by atoms with van der Waals surface area (Å²) in [5, 5.41) is 2.76. The average Bonchev–Trinajstić information content (AvgIpc) is 2.44. The van der Waals surface area contributed by atoms with E-state index in [1.165, 1.54) is 0 Å². The van der Waals surface area contributed by atoms with Crippen LogP contribution in [0.25, 0.3) is 0 Å². The third-order valence-corrected chi connectivity index (χ3v) is 2.61. The molecule has 1 aromatic carbocycles. The molecule has 20 heavy (non-hydrogen) atoms. The number of hydrogen-bond acceptors (Lipinski definition) is 5. The Morgan fingerprint density at radius 1 is 1.30 bits per heavy atom. The van der Waals surface area contributed by atoms with E-state index in [-0.39, 0.29) is 18.6 Å². The van der Waals surface area contributed by atoms with Crippen molar-refractivity contribution in [2.75, 3.05) is 27.4 Å². The van der Waals surface area contributed by atoms with Crippen LogP contribution in [0.3, 0.4) is 0 Å². The van der Waals surface area contributed by atoms with Gasteiger partial charge in [-0.05, 0) is 24.6 Å². The Hall–Kier alpha value is -1.79. The zero-order valence-electron chi connectivity index (χ0n) is 12.1. The molecule has 1 rings (SSSR count). The predicted octanol–water partition coefficient (Wildman–Crippen LogP) is 0.684. The van der Waals surface area contributed by atoms with Crippen molar-refractivity contribution in [1.82, 2.24) is 5.32 Å². The van der Waals surface area contributed by atoms with Gasteiger partial charge >= 0.3 is 0 Å². The van der Waals surface area contributed by atoms with Crippen molar-refractivity contribution in [3.05, 3.63) is 23.8 Å². The van der Waals surface area contributed by atoms with Crippen LogP contribution in [-0.2, 0) is 16.1 Å². The minimum Gasteiger partial charge on any atom is -0.497 e. The van der Waals surface area contributed by atoms with Crippen LogP contribution in [0.4, 0.5) is 0 Å². The van der Waals surface area contributed by atoms with Gasteiger partial charge in [0.15, 0.2) is 6.61 Å². The fraction of sp³-hybridized carbons (Fsp3) is 0.500. The first-order valence-corrected chi connectivity index (χ1v) is 6.38. The van der Waals surface area contributed by atoms with Crippen molar-refractivity contribution in [2.45, 2.75) is 19.5 Å². The maximum Gasteiger partial charge on any atom is 0.258 e. The molecule has 1 unspecified atom stereocenters. The molecule has 0 spiro atoms. The van der Waals surface area contributed by atoms with E-state index >= 15 is 0 Å². The monoisotopic (exact) mass is 282 g/mol. The number of hydrogen-bond donors (Lipinski definition) is 2. The van der Waals surface area contributed by atoms with Crippen LogP contribution in [-0.4, -0.2) is 39.4 Å². The Bertz CT molecular complexity index is 415. The number of amides is 1. The molecule has 1 amide bonds. The van der Waals surface area contributed by atoms with Gasteiger partial charge in [0, 0.05) is 25.8 Å². The summed E-state index contributed by atoms with van der Waals surface area (Å²) < 4.78 is 15.5. The number of ether oxygens (including phenoxy) is 3. The molecule has 1 aromatic rings. The normalized spacial score (nSPS) is 11.8. The number of nitrogens with two attached hydrogens (primary N) is 1. The maximum atomic E-state index is 11.7. The molecule has 0 aliphatic rings. The summed E-state index contributed by atoms with van der Waals surface area (Å²) in [6.07, 6.45) is 0. The number of carbonyl (C=O) groups excluding carboxylic acids is 1. The lowest BCUT2D eigenvalue weighted by Gasteiger charge is -2.14. The first kappa shape index (κ1) is 16.3. The Morgan fingerprint density at radius 2 is 2.00 bits per heavy atom. The second kappa shape index (κ2) is 8.39. The highest BCUT2D eigenvalue weighted by Crippen LogP contribution is 2.22. The third kappa shape index (κ3) is 5.46. The van der Waals surface area contributed by atoms with Crippen LogP contribution >= 0.6 is 0 Å². The Labute approximate surface area is 119 Å². The van der Waals surface area contributed by atoms with E-state index in [9.17, 15) is 4.79 Å². The largest absolute Gasteiger partial charge is 0.497 e. The van der Waals surface area contributed by atoms with Crippen molar-refractivity contribution in [3.63, 3.8) is 0 Å². The minimum absolute atomic E-state index is 0.0546. The molecule has 0 bridgehead atoms. The van der Waals surface area contributed by atoms with Crippen molar-refractivity contribution >= 4 is 5.91 Å². The fourth-order valence-electron chi connectivity index (χ4n) is 1.71. The summed E-state index contributed by atoms with van der Waals surface area (Å²) in [6, 6.07) is 5.27. The first-order valence-electron chi connectivity index (χ1n) is 6.38. The lowest BCUT2D eigenvalue weighted by Crippen LogP contribution is -2.38. The Kier molecular flexibility index (Phi) is 6.83. The Morgan fingerprint density at radius 3 is 2.60 bits per heavy atom. The molecule has 0 fully saturated rings. The standard InChI is InChI=1S/C14H22N2O4/c1-10(8-18-2)16-14(17)9-20-13-5-11(7-15)4-12(6-13)19-3/h4-6,10H,7-9,15H2,1-3H3,(H,16,17). The molecular weight excluding hydrogens is 260 g/mol. The van der Waals surface area contributed by atoms with E-state index in [1.807, 2.05) is 13.0 Å². The van der Waals surface area contributed by atoms with Crippen molar-refractivity contribution in [2.24, 2.45) is 5.73 Å². The molecule has 0 radical (unpaired) electrons. The second-order valence-corrected chi connectivity index (χ2v) is 4.43. The van der Waals surface area contributed by atoms with Crippen molar-refractivity contribution in [3.8, 4) is 11.5 Å². The van der Waals surface area contributed by atoms with Gasteiger partial charge in [-0.2, -0.15) is 0 Å². The highest BCUT2D eigenvalue weighted by Gasteiger charge is 2.08. The molecule has 6 nitrogen and oxygen atoms in total. The second-order valence-electron chi connectivity index (χ2n) is 4.43. The summed E-state index contributed by atoms with van der Waals surface area (Å²) in [4.78, 5) is 11.7. The molecule has 3 N–H and O–H groups in total. The molecule has 0 aliphatic carbocycles. The highest BCUT2D eigenvalue weighted by molar-refractivity contribution is 5.77. The van der Waals surface area contributed by atoms with Crippen molar-refractivity contribution < 1.29 is 19.0 Å². The van der Waals surface area contributed by atoms with E-state index in [0.717, 1.165) is 5.56 Å². The molecule has 0 saturated carbocycles. The lowest BCUT2D eigenvalue weighted by atomic mass is 10.2. The summed E-state index contributed by atoms with van der Waals surface area (Å²) >= 11 is 0. The summed E-state index contributed by atoms with van der Waals surface area (Å²) in [6.45, 7) is 2.64. The predicted molar refractivity (Wildman–Crippen MR) is 75.9 cm³/mol. The van der Waals surface area contributed by atoms with Crippen LogP contribution in [0, 0.1) is 0 Å². The van der Waals surface area contributed by atoms with Gasteiger partial charge in [-0.25, -0.2) is 0 Å². The van der Waals surface area contributed by atoms with Gasteiger partial charge in [0.2, 0.25) is 0 Å². The summed E-state index contributed by atoms with van der Waals surface area (Å²) in [5.74, 6) is 1.00. The van der Waals surface area contributed by atoms with Crippen LogP contribution in [0.5, 0.6) is 11.5 Å². The van der Waals surface area contributed by atoms with Gasteiger partial charge < -0.3 is 25.3 Å². The molecular formula is C14H22N2O4. The number of rotatable bonds is 8. The average molecular weight is 282 g/mol. The van der Waals surface area contributed by atoms with Crippen LogP contribution < -0.4 is 20.5 Å². The van der Waals surface area contributed by atoms with E-state index < -0.39 is 0 Å². The number of methoxy groups -OCH3 is 2. The number of nitrogens with one attached hydrogen (secondary N) is 1. The lowest BCUT2D eigenvalue weighted by molar-refractivity contribution is -0.124. The molecule has 6 heteroatoms. The van der Waals surface area contributed by atoms with E-state index in [1.54, 1.807) is 26.4 Å². The van der Waals surface area contributed by atoms with Gasteiger partial charge in [-0.1, -0.05) is 0 Å². The fourth-order valence-corrected chi connectivity index (χ4v) is 1.71. The number of carbonyl (C=O) groups is 1. The molecule has 0 saturated heterocycles. The SMILES string of the molecule is COCC(C)NC(=O)COc1cc(CN)cc(OC)c1. The van der Waals surface area contributed by atoms with Crippen LogP contribution in [0.15, 0.2) is 18.2 Å². The first-order chi connectivity index (χ1) is 9.58. The highest BCUT2D eigenvalue weighted by atomic mass is 16.5. The smallest absolute Gasteiger partial charge is 0.258 e. The molecule has 0 aromatic heterocycles. The van der Waals surface area contributed by atoms with Gasteiger partial charge in [-0.15, -0.1) is 0 Å². The molecule has 112 valence electrons. The molecule has 0 heterocycles. The molecule has 1 atom stereocenters. The van der Waals surface area contributed by atoms with Gasteiger partial charge in [-0.3, -0.25) is 4.79 Å². The molecule has 0 aliphatic heterocycles. The van der Waals surface area contributed by atoms with Gasteiger partial charge in [0.05, 0.1) is 13.7 Å².